The Labute approximate surface area is 75.9 Å². The maximum Gasteiger partial charge on any atom is 0.223 e. The summed E-state index contributed by atoms with van der Waals surface area (Å²) in [5, 5.41) is 0. The van der Waals surface area contributed by atoms with Gasteiger partial charge in [0.15, 0.2) is 0 Å². The molecule has 0 aromatic carbocycles. The first-order valence-electron chi connectivity index (χ1n) is 4.40. The second-order valence-electron chi connectivity index (χ2n) is 3.04. The normalized spacial score (nSPS) is 22.0. The highest BCUT2D eigenvalue weighted by atomic mass is 16.5. The number of rotatable bonds is 3. The van der Waals surface area contributed by atoms with E-state index in [1.807, 2.05) is 0 Å². The second kappa shape index (κ2) is 3.70. The van der Waals surface area contributed by atoms with Crippen LogP contribution in [0.2, 0.25) is 0 Å². The maximum atomic E-state index is 10.2. The summed E-state index contributed by atoms with van der Waals surface area (Å²) in [5.41, 5.74) is 0. The highest BCUT2D eigenvalue weighted by molar-refractivity contribution is 5.52. The van der Waals surface area contributed by atoms with E-state index in [1.165, 1.54) is 0 Å². The Kier molecular flexibility index (Phi) is 2.40. The molecule has 1 aliphatic rings. The number of ether oxygens (including phenoxy) is 1. The third-order valence-electron chi connectivity index (χ3n) is 2.06. The van der Waals surface area contributed by atoms with Crippen molar-refractivity contribution < 1.29 is 13.9 Å². The fraction of sp³-hybridized carbons (Fsp3) is 0.556. The molecule has 1 fully saturated rings. The van der Waals surface area contributed by atoms with Crippen LogP contribution >= 0.6 is 0 Å². The van der Waals surface area contributed by atoms with Gasteiger partial charge in [-0.1, -0.05) is 0 Å². The molecule has 0 radical (unpaired) electrons. The third-order valence-corrected chi connectivity index (χ3v) is 2.06. The fourth-order valence-corrected chi connectivity index (χ4v) is 1.42. The highest BCUT2D eigenvalue weighted by Gasteiger charge is 2.22. The Morgan fingerprint density at radius 3 is 3.31 bits per heavy atom. The van der Waals surface area contributed by atoms with Gasteiger partial charge in [-0.3, -0.25) is 0 Å². The van der Waals surface area contributed by atoms with Gasteiger partial charge < -0.3 is 13.9 Å². The predicted octanol–water partition coefficient (Wildman–Crippen LogP) is 1.27. The Morgan fingerprint density at radius 1 is 1.69 bits per heavy atom. The van der Waals surface area contributed by atoms with Crippen LogP contribution in [-0.2, 0) is 16.0 Å². The van der Waals surface area contributed by atoms with Crippen molar-refractivity contribution in [2.24, 2.45) is 0 Å². The molecule has 1 aromatic heterocycles. The average Bonchev–Trinajstić information content (AvgIpc) is 2.70. The number of aldehydes is 1. The minimum atomic E-state index is 0.000372. The summed E-state index contributed by atoms with van der Waals surface area (Å²) >= 11 is 0. The number of oxazole rings is 1. The van der Waals surface area contributed by atoms with E-state index >= 15 is 0 Å². The van der Waals surface area contributed by atoms with Gasteiger partial charge >= 0.3 is 0 Å². The molecule has 0 N–H and O–H groups in total. The van der Waals surface area contributed by atoms with Gasteiger partial charge in [0, 0.05) is 6.61 Å². The Bertz CT molecular complexity index is 289. The molecule has 0 saturated carbocycles. The monoisotopic (exact) mass is 181 g/mol. The van der Waals surface area contributed by atoms with E-state index in [2.05, 4.69) is 4.98 Å². The van der Waals surface area contributed by atoms with E-state index in [-0.39, 0.29) is 6.10 Å². The van der Waals surface area contributed by atoms with Crippen molar-refractivity contribution in [2.45, 2.75) is 25.4 Å². The largest absolute Gasteiger partial charge is 0.442 e. The van der Waals surface area contributed by atoms with E-state index in [0.717, 1.165) is 25.7 Å². The molecule has 1 atom stereocenters. The third kappa shape index (κ3) is 1.78. The maximum absolute atomic E-state index is 10.2. The van der Waals surface area contributed by atoms with Crippen molar-refractivity contribution in [3.63, 3.8) is 0 Å². The van der Waals surface area contributed by atoms with Crippen molar-refractivity contribution in [1.82, 2.24) is 4.98 Å². The van der Waals surface area contributed by atoms with Gasteiger partial charge in [-0.05, 0) is 12.8 Å². The lowest BCUT2D eigenvalue weighted by Gasteiger charge is -2.02. The zero-order valence-electron chi connectivity index (χ0n) is 7.23. The molecule has 13 heavy (non-hydrogen) atoms. The standard InChI is InChI=1S/C9H11NO3/c11-4-3-7-6-10-9(13-7)8-2-1-5-12-8/h4,6,8H,1-3,5H2. The van der Waals surface area contributed by atoms with Crippen LogP contribution < -0.4 is 0 Å². The summed E-state index contributed by atoms with van der Waals surface area (Å²) in [4.78, 5) is 14.3. The van der Waals surface area contributed by atoms with Crippen LogP contribution in [0.5, 0.6) is 0 Å². The van der Waals surface area contributed by atoms with Gasteiger partial charge in [0.1, 0.15) is 18.2 Å². The first kappa shape index (κ1) is 8.44. The van der Waals surface area contributed by atoms with Crippen LogP contribution in [0.3, 0.4) is 0 Å². The van der Waals surface area contributed by atoms with Crippen LogP contribution in [0.4, 0.5) is 0 Å². The molecule has 70 valence electrons. The summed E-state index contributed by atoms with van der Waals surface area (Å²) in [7, 11) is 0. The average molecular weight is 181 g/mol. The van der Waals surface area contributed by atoms with Gasteiger partial charge in [-0.25, -0.2) is 4.98 Å². The molecule has 2 rings (SSSR count). The Morgan fingerprint density at radius 2 is 2.62 bits per heavy atom. The molecule has 2 heterocycles. The number of hydrogen-bond donors (Lipinski definition) is 0. The first-order chi connectivity index (χ1) is 6.40. The molecule has 0 spiro atoms. The summed E-state index contributed by atoms with van der Waals surface area (Å²) < 4.78 is 10.7. The van der Waals surface area contributed by atoms with Gasteiger partial charge in [0.2, 0.25) is 5.89 Å². The van der Waals surface area contributed by atoms with Crippen molar-refractivity contribution in [3.8, 4) is 0 Å². The molecule has 0 amide bonds. The molecule has 1 aliphatic heterocycles. The highest BCUT2D eigenvalue weighted by Crippen LogP contribution is 2.27. The van der Waals surface area contributed by atoms with Crippen LogP contribution in [0.15, 0.2) is 10.6 Å². The molecule has 1 saturated heterocycles. The fourth-order valence-electron chi connectivity index (χ4n) is 1.42. The predicted molar refractivity (Wildman–Crippen MR) is 44.2 cm³/mol. The quantitative estimate of drug-likeness (QED) is 0.659. The topological polar surface area (TPSA) is 52.3 Å². The van der Waals surface area contributed by atoms with Gasteiger partial charge in [0.25, 0.3) is 0 Å². The molecule has 1 aromatic rings. The van der Waals surface area contributed by atoms with Crippen molar-refractivity contribution in [2.75, 3.05) is 6.61 Å². The second-order valence-corrected chi connectivity index (χ2v) is 3.04. The molecule has 4 heteroatoms. The molecular weight excluding hydrogens is 170 g/mol. The van der Waals surface area contributed by atoms with E-state index in [9.17, 15) is 4.79 Å². The van der Waals surface area contributed by atoms with E-state index < -0.39 is 0 Å². The van der Waals surface area contributed by atoms with Crippen LogP contribution in [0.25, 0.3) is 0 Å². The smallest absolute Gasteiger partial charge is 0.223 e. The van der Waals surface area contributed by atoms with Crippen molar-refractivity contribution in [1.29, 1.82) is 0 Å². The Balaban J connectivity index is 2.07. The molecule has 4 nitrogen and oxygen atoms in total. The van der Waals surface area contributed by atoms with Crippen LogP contribution in [0, 0.1) is 0 Å². The summed E-state index contributed by atoms with van der Waals surface area (Å²) in [6.07, 6.45) is 4.70. The van der Waals surface area contributed by atoms with Gasteiger partial charge in [-0.15, -0.1) is 0 Å². The molecule has 0 aliphatic carbocycles. The lowest BCUT2D eigenvalue weighted by Crippen LogP contribution is -1.94. The molecule has 0 bridgehead atoms. The number of nitrogens with zero attached hydrogens (tertiary/aromatic N) is 1. The van der Waals surface area contributed by atoms with Crippen molar-refractivity contribution >= 4 is 6.29 Å². The summed E-state index contributed by atoms with van der Waals surface area (Å²) in [6.45, 7) is 0.774. The van der Waals surface area contributed by atoms with Gasteiger partial charge in [0.05, 0.1) is 12.6 Å². The van der Waals surface area contributed by atoms with Crippen LogP contribution in [0.1, 0.15) is 30.6 Å². The first-order valence-corrected chi connectivity index (χ1v) is 4.40. The number of aromatic nitrogens is 1. The van der Waals surface area contributed by atoms with E-state index in [0.29, 0.717) is 18.1 Å². The van der Waals surface area contributed by atoms with Crippen LogP contribution in [-0.4, -0.2) is 17.9 Å². The zero-order chi connectivity index (χ0) is 9.10. The SMILES string of the molecule is O=CCc1cnc(C2CCCO2)o1. The molecule has 1 unspecified atom stereocenters. The minimum Gasteiger partial charge on any atom is -0.442 e. The summed E-state index contributed by atoms with van der Waals surface area (Å²) in [6, 6.07) is 0. The van der Waals surface area contributed by atoms with Gasteiger partial charge in [-0.2, -0.15) is 0 Å². The Hall–Kier alpha value is -1.16. The number of hydrogen-bond acceptors (Lipinski definition) is 4. The van der Waals surface area contributed by atoms with Crippen molar-refractivity contribution in [3.05, 3.63) is 17.8 Å². The lowest BCUT2D eigenvalue weighted by molar-refractivity contribution is -0.107. The lowest BCUT2D eigenvalue weighted by atomic mass is 10.2. The zero-order valence-corrected chi connectivity index (χ0v) is 7.23. The van der Waals surface area contributed by atoms with E-state index in [4.69, 9.17) is 9.15 Å². The molecular formula is C9H11NO3. The number of carbonyl (C=O) groups is 1. The number of carbonyl (C=O) groups excluding carboxylic acids is 1. The van der Waals surface area contributed by atoms with E-state index in [1.54, 1.807) is 6.20 Å². The minimum absolute atomic E-state index is 0.000372. The summed E-state index contributed by atoms with van der Waals surface area (Å²) in [5.74, 6) is 1.22.